The van der Waals surface area contributed by atoms with Gasteiger partial charge in [0.2, 0.25) is 0 Å². The van der Waals surface area contributed by atoms with Gasteiger partial charge in [-0.1, -0.05) is 0 Å². The molecular formula is C13H18F3N3O. The molecular weight excluding hydrogens is 271 g/mol. The van der Waals surface area contributed by atoms with Crippen molar-refractivity contribution in [2.24, 2.45) is 5.92 Å². The summed E-state index contributed by atoms with van der Waals surface area (Å²) in [6.07, 6.45) is -2.09. The largest absolute Gasteiger partial charge is 0.420 e. The van der Waals surface area contributed by atoms with E-state index < -0.39 is 11.7 Å². The van der Waals surface area contributed by atoms with Crippen molar-refractivity contribution >= 4 is 5.82 Å². The van der Waals surface area contributed by atoms with Crippen LogP contribution in [-0.2, 0) is 6.18 Å². The highest BCUT2D eigenvalue weighted by molar-refractivity contribution is 5.48. The molecule has 112 valence electrons. The Morgan fingerprint density at radius 2 is 2.15 bits per heavy atom. The Labute approximate surface area is 115 Å². The lowest BCUT2D eigenvalue weighted by Gasteiger charge is -2.34. The van der Waals surface area contributed by atoms with Crippen LogP contribution in [0.2, 0.25) is 0 Å². The molecule has 0 amide bonds. The van der Waals surface area contributed by atoms with E-state index in [0.29, 0.717) is 19.5 Å². The third-order valence-electron chi connectivity index (χ3n) is 3.56. The highest BCUT2D eigenvalue weighted by Crippen LogP contribution is 2.36. The van der Waals surface area contributed by atoms with Crippen LogP contribution in [0.5, 0.6) is 0 Å². The number of aryl methyl sites for hydroxylation is 1. The van der Waals surface area contributed by atoms with Gasteiger partial charge in [-0.3, -0.25) is 0 Å². The minimum atomic E-state index is -4.43. The van der Waals surface area contributed by atoms with Gasteiger partial charge in [-0.25, -0.2) is 0 Å². The number of aromatic nitrogens is 2. The molecule has 1 saturated heterocycles. The minimum Gasteiger partial charge on any atom is -0.396 e. The van der Waals surface area contributed by atoms with Crippen LogP contribution in [0.25, 0.3) is 0 Å². The van der Waals surface area contributed by atoms with Crippen molar-refractivity contribution < 1.29 is 18.3 Å². The summed E-state index contributed by atoms with van der Waals surface area (Å²) in [4.78, 5) is 1.64. The molecule has 20 heavy (non-hydrogen) atoms. The van der Waals surface area contributed by atoms with E-state index in [-0.39, 0.29) is 24.0 Å². The first kappa shape index (κ1) is 15.0. The van der Waals surface area contributed by atoms with Crippen LogP contribution in [-0.4, -0.2) is 35.0 Å². The van der Waals surface area contributed by atoms with Gasteiger partial charge in [0.1, 0.15) is 5.56 Å². The van der Waals surface area contributed by atoms with Gasteiger partial charge < -0.3 is 10.0 Å². The van der Waals surface area contributed by atoms with Crippen LogP contribution < -0.4 is 4.90 Å². The Bertz CT molecular complexity index is 463. The Hall–Kier alpha value is -1.37. The highest BCUT2D eigenvalue weighted by atomic mass is 19.4. The number of rotatable bonds is 3. The van der Waals surface area contributed by atoms with Crippen molar-refractivity contribution in [1.82, 2.24) is 10.2 Å². The van der Waals surface area contributed by atoms with Gasteiger partial charge in [-0.15, -0.1) is 5.10 Å². The van der Waals surface area contributed by atoms with Gasteiger partial charge in [0.25, 0.3) is 0 Å². The number of hydrogen-bond acceptors (Lipinski definition) is 4. The lowest BCUT2D eigenvalue weighted by molar-refractivity contribution is -0.137. The fraction of sp³-hybridized carbons (Fsp3) is 0.692. The molecule has 4 nitrogen and oxygen atoms in total. The van der Waals surface area contributed by atoms with Crippen molar-refractivity contribution in [3.63, 3.8) is 0 Å². The van der Waals surface area contributed by atoms with E-state index in [0.717, 1.165) is 18.9 Å². The van der Waals surface area contributed by atoms with Gasteiger partial charge in [-0.05, 0) is 38.2 Å². The number of piperidine rings is 1. The van der Waals surface area contributed by atoms with Crippen LogP contribution in [0, 0.1) is 12.8 Å². The fourth-order valence-corrected chi connectivity index (χ4v) is 2.60. The van der Waals surface area contributed by atoms with E-state index in [4.69, 9.17) is 5.11 Å². The third-order valence-corrected chi connectivity index (χ3v) is 3.56. The molecule has 1 aromatic rings. The molecule has 2 rings (SSSR count). The van der Waals surface area contributed by atoms with E-state index in [1.807, 2.05) is 0 Å². The first-order valence-electron chi connectivity index (χ1n) is 6.69. The summed E-state index contributed by atoms with van der Waals surface area (Å²) in [5, 5.41) is 16.5. The van der Waals surface area contributed by atoms with Crippen LogP contribution in [0.15, 0.2) is 6.07 Å². The quantitative estimate of drug-likeness (QED) is 0.928. The van der Waals surface area contributed by atoms with E-state index in [1.165, 1.54) is 6.92 Å². The number of nitrogens with zero attached hydrogens (tertiary/aromatic N) is 3. The Kier molecular flexibility index (Phi) is 4.47. The van der Waals surface area contributed by atoms with Crippen LogP contribution in [0.1, 0.15) is 30.5 Å². The third kappa shape index (κ3) is 3.39. The van der Waals surface area contributed by atoms with E-state index in [1.54, 1.807) is 4.90 Å². The van der Waals surface area contributed by atoms with Gasteiger partial charge in [0, 0.05) is 19.7 Å². The zero-order chi connectivity index (χ0) is 14.8. The Balaban J connectivity index is 2.27. The summed E-state index contributed by atoms with van der Waals surface area (Å²) >= 11 is 0. The number of aliphatic hydroxyl groups excluding tert-OH is 1. The van der Waals surface area contributed by atoms with Gasteiger partial charge >= 0.3 is 6.18 Å². The van der Waals surface area contributed by atoms with Gasteiger partial charge in [-0.2, -0.15) is 18.3 Å². The Morgan fingerprint density at radius 3 is 2.80 bits per heavy atom. The maximum atomic E-state index is 13.1. The second-order valence-corrected chi connectivity index (χ2v) is 5.19. The molecule has 1 fully saturated rings. The molecule has 0 radical (unpaired) electrons. The zero-order valence-corrected chi connectivity index (χ0v) is 11.3. The minimum absolute atomic E-state index is 0.0597. The molecule has 2 heterocycles. The molecule has 0 aromatic carbocycles. The summed E-state index contributed by atoms with van der Waals surface area (Å²) in [6.45, 7) is 2.59. The lowest BCUT2D eigenvalue weighted by atomic mass is 9.95. The average molecular weight is 289 g/mol. The van der Waals surface area contributed by atoms with E-state index in [2.05, 4.69) is 10.2 Å². The molecule has 1 aromatic heterocycles. The number of halogens is 3. The van der Waals surface area contributed by atoms with Crippen molar-refractivity contribution in [2.75, 3.05) is 24.6 Å². The first-order chi connectivity index (χ1) is 9.41. The Morgan fingerprint density at radius 1 is 1.40 bits per heavy atom. The molecule has 1 unspecified atom stereocenters. The van der Waals surface area contributed by atoms with E-state index in [9.17, 15) is 13.2 Å². The topological polar surface area (TPSA) is 49.2 Å². The lowest BCUT2D eigenvalue weighted by Crippen LogP contribution is -2.37. The molecule has 0 bridgehead atoms. The normalized spacial score (nSPS) is 20.2. The predicted octanol–water partition coefficient (Wildman–Crippen LogP) is 2.40. The zero-order valence-electron chi connectivity index (χ0n) is 11.3. The molecule has 0 aliphatic carbocycles. The second kappa shape index (κ2) is 5.95. The van der Waals surface area contributed by atoms with Crippen LogP contribution in [0.4, 0.5) is 19.0 Å². The molecule has 1 aliphatic heterocycles. The molecule has 7 heteroatoms. The monoisotopic (exact) mass is 289 g/mol. The standard InChI is InChI=1S/C13H18F3N3O/c1-9-7-11(13(14,15)16)12(18-17-9)19-5-2-3-10(8-19)4-6-20/h7,10,20H,2-6,8H2,1H3. The van der Waals surface area contributed by atoms with Crippen LogP contribution in [0.3, 0.4) is 0 Å². The maximum Gasteiger partial charge on any atom is 0.420 e. The average Bonchev–Trinajstić information content (AvgIpc) is 2.38. The number of aliphatic hydroxyl groups is 1. The fourth-order valence-electron chi connectivity index (χ4n) is 2.60. The number of alkyl halides is 3. The summed E-state index contributed by atoms with van der Waals surface area (Å²) in [7, 11) is 0. The number of hydrogen-bond donors (Lipinski definition) is 1. The van der Waals surface area contributed by atoms with Crippen molar-refractivity contribution in [1.29, 1.82) is 0 Å². The van der Waals surface area contributed by atoms with Crippen molar-refractivity contribution in [3.05, 3.63) is 17.3 Å². The van der Waals surface area contributed by atoms with Gasteiger partial charge in [0.15, 0.2) is 5.82 Å². The number of anilines is 1. The SMILES string of the molecule is Cc1cc(C(F)(F)F)c(N2CCCC(CCO)C2)nn1. The molecule has 0 spiro atoms. The van der Waals surface area contributed by atoms with Crippen LogP contribution >= 0.6 is 0 Å². The van der Waals surface area contributed by atoms with Gasteiger partial charge in [0.05, 0.1) is 5.69 Å². The van der Waals surface area contributed by atoms with E-state index >= 15 is 0 Å². The molecule has 1 atom stereocenters. The second-order valence-electron chi connectivity index (χ2n) is 5.19. The molecule has 1 aliphatic rings. The summed E-state index contributed by atoms with van der Waals surface area (Å²) in [5.74, 6) is 0.115. The summed E-state index contributed by atoms with van der Waals surface area (Å²) in [6, 6.07) is 1.04. The van der Waals surface area contributed by atoms with Crippen molar-refractivity contribution in [2.45, 2.75) is 32.4 Å². The maximum absolute atomic E-state index is 13.1. The summed E-state index contributed by atoms with van der Waals surface area (Å²) in [5.41, 5.74) is -0.473. The predicted molar refractivity (Wildman–Crippen MR) is 68.4 cm³/mol. The van der Waals surface area contributed by atoms with Crippen molar-refractivity contribution in [3.8, 4) is 0 Å². The molecule has 1 N–H and O–H groups in total. The first-order valence-corrected chi connectivity index (χ1v) is 6.69. The highest BCUT2D eigenvalue weighted by Gasteiger charge is 2.37. The molecule has 0 saturated carbocycles. The summed E-state index contributed by atoms with van der Waals surface area (Å²) < 4.78 is 39.3. The smallest absolute Gasteiger partial charge is 0.396 e.